The van der Waals surface area contributed by atoms with Crippen LogP contribution in [-0.2, 0) is 0 Å². The monoisotopic (exact) mass is 297 g/mol. The first kappa shape index (κ1) is 15.9. The van der Waals surface area contributed by atoms with Crippen molar-refractivity contribution in [3.05, 3.63) is 35.7 Å². The summed E-state index contributed by atoms with van der Waals surface area (Å²) >= 11 is 0. The van der Waals surface area contributed by atoms with Crippen molar-refractivity contribution in [2.75, 3.05) is 0 Å². The molecule has 3 aliphatic carbocycles. The largest absolute Gasteiger partial charge is 0.310 e. The second-order valence-electron chi connectivity index (χ2n) is 8.76. The maximum atomic E-state index is 7.80. The van der Waals surface area contributed by atoms with Gasteiger partial charge in [0.05, 0.1) is 0 Å². The number of hydrogen-bond donors (Lipinski definition) is 0. The Balaban J connectivity index is 2.07. The van der Waals surface area contributed by atoms with Crippen molar-refractivity contribution in [2.24, 2.45) is 35.0 Å². The predicted molar refractivity (Wildman–Crippen MR) is 93.3 cm³/mol. The van der Waals surface area contributed by atoms with Crippen LogP contribution in [0.5, 0.6) is 0 Å². The summed E-state index contributed by atoms with van der Waals surface area (Å²) in [5.41, 5.74) is 1.36. The van der Waals surface area contributed by atoms with Gasteiger partial charge in [-0.05, 0) is 61.7 Å². The number of nitrogens with zero attached hydrogens (tertiary/aromatic N) is 1. The Labute approximate surface area is 136 Å². The molecule has 0 N–H and O–H groups in total. The molecule has 0 aromatic rings. The van der Waals surface area contributed by atoms with Crippen LogP contribution < -0.4 is 0 Å². The fourth-order valence-electron chi connectivity index (χ4n) is 6.26. The first-order valence-electron chi connectivity index (χ1n) is 9.07. The molecule has 1 nitrogen and oxygen atoms in total. The molecular formula is C21H31N. The van der Waals surface area contributed by atoms with Crippen molar-refractivity contribution >= 4 is 0 Å². The van der Waals surface area contributed by atoms with Crippen LogP contribution in [0.25, 0.3) is 4.85 Å². The average Bonchev–Trinajstić information content (AvgIpc) is 2.78. The predicted octanol–water partition coefficient (Wildman–Crippen LogP) is 5.90. The van der Waals surface area contributed by atoms with Crippen molar-refractivity contribution in [1.82, 2.24) is 0 Å². The lowest BCUT2D eigenvalue weighted by Gasteiger charge is -2.53. The normalized spacial score (nSPS) is 50.6. The molecule has 0 amide bonds. The maximum Gasteiger partial charge on any atom is 0.233 e. The van der Waals surface area contributed by atoms with Gasteiger partial charge in [0.15, 0.2) is 0 Å². The summed E-state index contributed by atoms with van der Waals surface area (Å²) in [5.74, 6) is 3.69. The van der Waals surface area contributed by atoms with E-state index in [1.807, 2.05) is 0 Å². The lowest BCUT2D eigenvalue weighted by molar-refractivity contribution is -0.0201. The molecule has 0 saturated heterocycles. The van der Waals surface area contributed by atoms with E-state index in [9.17, 15) is 0 Å². The molecule has 3 rings (SSSR count). The summed E-state index contributed by atoms with van der Waals surface area (Å²) in [6.07, 6.45) is 11.0. The molecule has 22 heavy (non-hydrogen) atoms. The second-order valence-corrected chi connectivity index (χ2v) is 8.76. The molecular weight excluding hydrogens is 266 g/mol. The molecule has 0 spiro atoms. The topological polar surface area (TPSA) is 4.36 Å². The van der Waals surface area contributed by atoms with Crippen molar-refractivity contribution in [3.8, 4) is 0 Å². The van der Waals surface area contributed by atoms with Crippen LogP contribution in [0.4, 0.5) is 0 Å². The summed E-state index contributed by atoms with van der Waals surface area (Å²) in [6, 6.07) is 0. The summed E-state index contributed by atoms with van der Waals surface area (Å²) in [4.78, 5) is 4.15. The minimum Gasteiger partial charge on any atom is -0.310 e. The van der Waals surface area contributed by atoms with E-state index in [2.05, 4.69) is 51.3 Å². The van der Waals surface area contributed by atoms with Crippen molar-refractivity contribution in [3.63, 3.8) is 0 Å². The third-order valence-corrected chi connectivity index (χ3v) is 7.47. The van der Waals surface area contributed by atoms with E-state index in [-0.39, 0.29) is 5.54 Å². The molecule has 0 heterocycles. The summed E-state index contributed by atoms with van der Waals surface area (Å²) in [5, 5.41) is 0. The minimum atomic E-state index is -0.117. The van der Waals surface area contributed by atoms with Crippen LogP contribution in [0, 0.1) is 41.6 Å². The van der Waals surface area contributed by atoms with Gasteiger partial charge in [0.25, 0.3) is 0 Å². The Morgan fingerprint density at radius 3 is 2.64 bits per heavy atom. The molecule has 0 bridgehead atoms. The lowest BCUT2D eigenvalue weighted by atomic mass is 9.50. The fourth-order valence-corrected chi connectivity index (χ4v) is 6.26. The van der Waals surface area contributed by atoms with Gasteiger partial charge < -0.3 is 4.85 Å². The summed E-state index contributed by atoms with van der Waals surface area (Å²) in [7, 11) is 0. The Bertz CT molecular complexity index is 539. The highest BCUT2D eigenvalue weighted by Crippen LogP contribution is 2.67. The highest BCUT2D eigenvalue weighted by atomic mass is 14.8. The summed E-state index contributed by atoms with van der Waals surface area (Å²) in [6.45, 7) is 21.1. The van der Waals surface area contributed by atoms with E-state index >= 15 is 0 Å². The van der Waals surface area contributed by atoms with Gasteiger partial charge in [0.2, 0.25) is 5.54 Å². The van der Waals surface area contributed by atoms with Crippen LogP contribution in [0.3, 0.4) is 0 Å². The Hall–Kier alpha value is -1.03. The van der Waals surface area contributed by atoms with Crippen molar-refractivity contribution in [1.29, 1.82) is 0 Å². The number of hydrogen-bond acceptors (Lipinski definition) is 0. The molecule has 1 heteroatoms. The maximum absolute atomic E-state index is 7.80. The fraction of sp³-hybridized carbons (Fsp3) is 0.762. The van der Waals surface area contributed by atoms with Crippen LogP contribution in [0.1, 0.15) is 59.8 Å². The van der Waals surface area contributed by atoms with Crippen molar-refractivity contribution < 1.29 is 0 Å². The Kier molecular flexibility index (Phi) is 3.79. The third-order valence-electron chi connectivity index (χ3n) is 7.47. The summed E-state index contributed by atoms with van der Waals surface area (Å²) < 4.78 is 0. The molecule has 0 aromatic heterocycles. The highest BCUT2D eigenvalue weighted by Gasteiger charge is 2.65. The smallest absolute Gasteiger partial charge is 0.233 e. The van der Waals surface area contributed by atoms with Gasteiger partial charge in [-0.2, -0.15) is 0 Å². The van der Waals surface area contributed by atoms with E-state index in [0.717, 1.165) is 35.7 Å². The third kappa shape index (κ3) is 2.10. The van der Waals surface area contributed by atoms with Crippen molar-refractivity contribution in [2.45, 2.75) is 65.3 Å². The standard InChI is InChI=1S/C21H31N/c1-14(2)9-12-21-13-15(3)17-10-11-20(5,22-6)18(19(17)21)8-7-16(21)4/h9,12,15-19H,1,7-8,10-11,13H2,2-5H3/b12-9+/t15?,16-,17?,18?,19-,20+,21+/m1/s1. The van der Waals surface area contributed by atoms with Crippen LogP contribution in [0.15, 0.2) is 24.3 Å². The zero-order valence-corrected chi connectivity index (χ0v) is 14.7. The molecule has 0 radical (unpaired) electrons. The first-order chi connectivity index (χ1) is 10.3. The molecule has 7 atom stereocenters. The number of rotatable bonds is 2. The quantitative estimate of drug-likeness (QED) is 0.442. The van der Waals surface area contributed by atoms with Crippen LogP contribution >= 0.6 is 0 Å². The molecule has 0 aromatic carbocycles. The molecule has 3 unspecified atom stereocenters. The zero-order chi connectivity index (χ0) is 16.1. The van der Waals surface area contributed by atoms with Crippen LogP contribution in [0.2, 0.25) is 0 Å². The van der Waals surface area contributed by atoms with Gasteiger partial charge in [0, 0.05) is 19.3 Å². The van der Waals surface area contributed by atoms with Gasteiger partial charge in [-0.25, -0.2) is 6.57 Å². The Morgan fingerprint density at radius 2 is 2.00 bits per heavy atom. The van der Waals surface area contributed by atoms with Gasteiger partial charge in [-0.1, -0.05) is 38.2 Å². The lowest BCUT2D eigenvalue weighted by Crippen LogP contribution is -2.52. The zero-order valence-electron chi connectivity index (χ0n) is 14.7. The van der Waals surface area contributed by atoms with Gasteiger partial charge in [-0.3, -0.25) is 0 Å². The molecule has 120 valence electrons. The highest BCUT2D eigenvalue weighted by molar-refractivity contribution is 5.25. The van der Waals surface area contributed by atoms with E-state index in [1.54, 1.807) is 0 Å². The van der Waals surface area contributed by atoms with E-state index in [0.29, 0.717) is 11.3 Å². The average molecular weight is 297 g/mol. The first-order valence-corrected chi connectivity index (χ1v) is 9.07. The van der Waals surface area contributed by atoms with E-state index < -0.39 is 0 Å². The van der Waals surface area contributed by atoms with E-state index in [4.69, 9.17) is 6.57 Å². The Morgan fingerprint density at radius 1 is 1.27 bits per heavy atom. The molecule has 0 aliphatic heterocycles. The minimum absolute atomic E-state index is 0.117. The molecule has 3 fully saturated rings. The number of allylic oxidation sites excluding steroid dienone is 3. The molecule has 3 aliphatic rings. The van der Waals surface area contributed by atoms with Gasteiger partial charge >= 0.3 is 0 Å². The SMILES string of the molecule is [C-]#[N+][C@@]1(C)CCC2C(C)C[C@]3(/C=C/C(=C)C)[C@H]2C1CC[C@H]3C. The van der Waals surface area contributed by atoms with Gasteiger partial charge in [0.1, 0.15) is 0 Å². The van der Waals surface area contributed by atoms with E-state index in [1.165, 1.54) is 25.7 Å². The second kappa shape index (κ2) is 5.26. The van der Waals surface area contributed by atoms with Crippen LogP contribution in [-0.4, -0.2) is 5.54 Å². The van der Waals surface area contributed by atoms with Gasteiger partial charge in [-0.15, -0.1) is 0 Å². The molecule has 3 saturated carbocycles.